The minimum atomic E-state index is 0. The lowest BCUT2D eigenvalue weighted by Crippen LogP contribution is -1.65. The Hall–Kier alpha value is -1.15. The SMILES string of the molecule is Cl.c1cc2ccnc-2ccn1. The van der Waals surface area contributed by atoms with Crippen LogP contribution in [-0.4, -0.2) is 9.97 Å². The molecule has 0 bridgehead atoms. The highest BCUT2D eigenvalue weighted by Crippen LogP contribution is 2.15. The van der Waals surface area contributed by atoms with Crippen LogP contribution >= 0.6 is 12.4 Å². The summed E-state index contributed by atoms with van der Waals surface area (Å²) in [7, 11) is 0. The highest BCUT2D eigenvalue weighted by Gasteiger charge is 1.96. The number of nitrogens with zero attached hydrogens (tertiary/aromatic N) is 2. The van der Waals surface area contributed by atoms with Crippen LogP contribution in [0, 0.1) is 0 Å². The van der Waals surface area contributed by atoms with Gasteiger partial charge in [0.1, 0.15) is 0 Å². The highest BCUT2D eigenvalue weighted by atomic mass is 35.5. The fourth-order valence-corrected chi connectivity index (χ4v) is 0.925. The Morgan fingerprint density at radius 2 is 1.64 bits per heavy atom. The topological polar surface area (TPSA) is 25.8 Å². The molecule has 0 unspecified atom stereocenters. The van der Waals surface area contributed by atoms with Crippen LogP contribution in [0.5, 0.6) is 0 Å². The van der Waals surface area contributed by atoms with Crippen LogP contribution in [0.15, 0.2) is 36.8 Å². The van der Waals surface area contributed by atoms with E-state index in [2.05, 4.69) is 9.97 Å². The molecule has 0 N–H and O–H groups in total. The van der Waals surface area contributed by atoms with Gasteiger partial charge in [0.2, 0.25) is 0 Å². The number of rotatable bonds is 0. The summed E-state index contributed by atoms with van der Waals surface area (Å²) in [5, 5.41) is 0. The van der Waals surface area contributed by atoms with Crippen molar-refractivity contribution in [2.45, 2.75) is 0 Å². The molecule has 0 spiro atoms. The molecule has 3 heteroatoms. The van der Waals surface area contributed by atoms with Gasteiger partial charge < -0.3 is 0 Å². The van der Waals surface area contributed by atoms with Crippen molar-refractivity contribution >= 4 is 12.4 Å². The second-order valence-corrected chi connectivity index (χ2v) is 2.07. The maximum atomic E-state index is 4.12. The van der Waals surface area contributed by atoms with Crippen molar-refractivity contribution in [2.24, 2.45) is 0 Å². The molecule has 0 saturated carbocycles. The van der Waals surface area contributed by atoms with Gasteiger partial charge in [-0.1, -0.05) is 0 Å². The molecule has 2 heterocycles. The van der Waals surface area contributed by atoms with Gasteiger partial charge in [0.25, 0.3) is 0 Å². The zero-order valence-electron chi connectivity index (χ0n) is 5.77. The fraction of sp³-hybridized carbons (Fsp3) is 0. The molecule has 0 amide bonds. The molecule has 0 aromatic rings. The van der Waals surface area contributed by atoms with Gasteiger partial charge in [0.15, 0.2) is 0 Å². The summed E-state index contributed by atoms with van der Waals surface area (Å²) in [4.78, 5) is 8.08. The summed E-state index contributed by atoms with van der Waals surface area (Å²) < 4.78 is 0. The second-order valence-electron chi connectivity index (χ2n) is 2.07. The molecule has 11 heavy (non-hydrogen) atoms. The summed E-state index contributed by atoms with van der Waals surface area (Å²) in [5.74, 6) is 0. The minimum Gasteiger partial charge on any atom is -0.265 e. The largest absolute Gasteiger partial charge is 0.265 e. The molecule has 2 nitrogen and oxygen atoms in total. The first-order valence-electron chi connectivity index (χ1n) is 3.11. The van der Waals surface area contributed by atoms with Crippen LogP contribution in [0.25, 0.3) is 11.3 Å². The van der Waals surface area contributed by atoms with Crippen LogP contribution in [0.1, 0.15) is 0 Å². The van der Waals surface area contributed by atoms with E-state index in [9.17, 15) is 0 Å². The number of hydrogen-bond acceptors (Lipinski definition) is 2. The second kappa shape index (κ2) is 3.30. The lowest BCUT2D eigenvalue weighted by molar-refractivity contribution is 1.36. The standard InChI is InChI=1S/C8H6N2.ClH/c1-4-9-5-3-8-7(1)2-6-10-8;/h1-6H;1H. The van der Waals surface area contributed by atoms with Gasteiger partial charge in [-0.25, -0.2) is 0 Å². The average Bonchev–Trinajstić information content (AvgIpc) is 2.28. The van der Waals surface area contributed by atoms with E-state index in [4.69, 9.17) is 0 Å². The fourth-order valence-electron chi connectivity index (χ4n) is 0.925. The van der Waals surface area contributed by atoms with E-state index >= 15 is 0 Å². The van der Waals surface area contributed by atoms with Gasteiger partial charge in [-0.3, -0.25) is 9.97 Å². The van der Waals surface area contributed by atoms with Crippen molar-refractivity contribution < 1.29 is 0 Å². The predicted octanol–water partition coefficient (Wildman–Crippen LogP) is 2.00. The Balaban J connectivity index is 0.000000605. The maximum Gasteiger partial charge on any atom is 0.0718 e. The Morgan fingerprint density at radius 3 is 2.55 bits per heavy atom. The molecule has 0 atom stereocenters. The minimum absolute atomic E-state index is 0. The van der Waals surface area contributed by atoms with Crippen molar-refractivity contribution in [2.75, 3.05) is 0 Å². The van der Waals surface area contributed by atoms with E-state index in [1.165, 1.54) is 0 Å². The van der Waals surface area contributed by atoms with Crippen molar-refractivity contribution in [3.8, 4) is 11.3 Å². The van der Waals surface area contributed by atoms with E-state index in [0.717, 1.165) is 11.3 Å². The first-order valence-corrected chi connectivity index (χ1v) is 3.11. The molecule has 0 aromatic heterocycles. The molecule has 0 radical (unpaired) electrons. The van der Waals surface area contributed by atoms with Gasteiger partial charge in [0, 0.05) is 24.2 Å². The number of hydrogen-bond donors (Lipinski definition) is 0. The smallest absolute Gasteiger partial charge is 0.0718 e. The van der Waals surface area contributed by atoms with Gasteiger partial charge >= 0.3 is 0 Å². The molecular weight excluding hydrogens is 160 g/mol. The molecule has 0 fully saturated rings. The predicted molar refractivity (Wildman–Crippen MR) is 45.9 cm³/mol. The third kappa shape index (κ3) is 1.46. The lowest BCUT2D eigenvalue weighted by atomic mass is 10.2. The monoisotopic (exact) mass is 166 g/mol. The average molecular weight is 167 g/mol. The molecule has 0 aliphatic carbocycles. The molecule has 0 aromatic carbocycles. The van der Waals surface area contributed by atoms with Crippen LogP contribution in [-0.2, 0) is 0 Å². The molecular formula is C8H7ClN2. The van der Waals surface area contributed by atoms with Crippen molar-refractivity contribution in [3.05, 3.63) is 36.8 Å². The van der Waals surface area contributed by atoms with E-state index < -0.39 is 0 Å². The van der Waals surface area contributed by atoms with Crippen LogP contribution in [0.4, 0.5) is 0 Å². The zero-order chi connectivity index (χ0) is 6.81. The van der Waals surface area contributed by atoms with Crippen molar-refractivity contribution in [3.63, 3.8) is 0 Å². The first-order chi connectivity index (χ1) is 4.97. The lowest BCUT2D eigenvalue weighted by Gasteiger charge is -1.82. The third-order valence-electron chi connectivity index (χ3n) is 1.42. The summed E-state index contributed by atoms with van der Waals surface area (Å²) in [5.41, 5.74) is 2.13. The van der Waals surface area contributed by atoms with Gasteiger partial charge in [0.05, 0.1) is 5.69 Å². The highest BCUT2D eigenvalue weighted by molar-refractivity contribution is 5.85. The Morgan fingerprint density at radius 1 is 0.909 bits per heavy atom. The van der Waals surface area contributed by atoms with Crippen molar-refractivity contribution in [1.29, 1.82) is 0 Å². The molecule has 2 aliphatic heterocycles. The summed E-state index contributed by atoms with van der Waals surface area (Å²) >= 11 is 0. The summed E-state index contributed by atoms with van der Waals surface area (Å²) in [6.07, 6.45) is 5.31. The number of aromatic nitrogens is 2. The van der Waals surface area contributed by atoms with E-state index in [0.29, 0.717) is 0 Å². The van der Waals surface area contributed by atoms with E-state index in [1.807, 2.05) is 18.2 Å². The van der Waals surface area contributed by atoms with Crippen LogP contribution < -0.4 is 0 Å². The summed E-state index contributed by atoms with van der Waals surface area (Å²) in [6.45, 7) is 0. The third-order valence-corrected chi connectivity index (χ3v) is 1.42. The molecule has 2 rings (SSSR count). The van der Waals surface area contributed by atoms with Crippen LogP contribution in [0.3, 0.4) is 0 Å². The normalized spacial score (nSPS) is 9.09. The zero-order valence-corrected chi connectivity index (χ0v) is 6.58. The van der Waals surface area contributed by atoms with E-state index in [1.54, 1.807) is 18.6 Å². The Kier molecular flexibility index (Phi) is 2.39. The summed E-state index contributed by atoms with van der Waals surface area (Å²) in [6, 6.07) is 5.81. The molecule has 0 saturated heterocycles. The number of fused-ring (bicyclic) bond motifs is 1. The molecule has 56 valence electrons. The Bertz CT molecular complexity index is 283. The van der Waals surface area contributed by atoms with E-state index in [-0.39, 0.29) is 12.4 Å². The number of halogens is 1. The Labute approximate surface area is 71.1 Å². The molecule has 2 aliphatic rings. The van der Waals surface area contributed by atoms with Crippen LogP contribution in [0.2, 0.25) is 0 Å². The van der Waals surface area contributed by atoms with Crippen molar-refractivity contribution in [1.82, 2.24) is 9.97 Å². The first kappa shape index (κ1) is 7.95. The van der Waals surface area contributed by atoms with Gasteiger partial charge in [-0.05, 0) is 18.2 Å². The van der Waals surface area contributed by atoms with Gasteiger partial charge in [-0.2, -0.15) is 0 Å². The van der Waals surface area contributed by atoms with Gasteiger partial charge in [-0.15, -0.1) is 12.4 Å². The maximum absolute atomic E-state index is 4.12. The quantitative estimate of drug-likeness (QED) is 0.598.